The predicted octanol–water partition coefficient (Wildman–Crippen LogP) is 4.96. The van der Waals surface area contributed by atoms with E-state index in [1.807, 2.05) is 31.2 Å². The summed E-state index contributed by atoms with van der Waals surface area (Å²) in [5.41, 5.74) is 1.34. The van der Waals surface area contributed by atoms with Gasteiger partial charge in [0, 0.05) is 14.7 Å². The van der Waals surface area contributed by atoms with Gasteiger partial charge in [0.2, 0.25) is 0 Å². The highest BCUT2D eigenvalue weighted by molar-refractivity contribution is 14.1. The third-order valence-electron chi connectivity index (χ3n) is 3.56. The van der Waals surface area contributed by atoms with E-state index in [1.54, 1.807) is 11.3 Å². The maximum Gasteiger partial charge on any atom is 0.0909 e. The monoisotopic (exact) mass is 394 g/mol. The highest BCUT2D eigenvalue weighted by Crippen LogP contribution is 2.32. The minimum absolute atomic E-state index is 0.637. The van der Waals surface area contributed by atoms with Crippen molar-refractivity contribution in [2.45, 2.75) is 18.9 Å². The zero-order valence-electron chi connectivity index (χ0n) is 11.1. The summed E-state index contributed by atoms with van der Waals surface area (Å²) in [6, 6.07) is 16.5. The smallest absolute Gasteiger partial charge is 0.0909 e. The molecule has 1 unspecified atom stereocenters. The van der Waals surface area contributed by atoms with Crippen molar-refractivity contribution in [3.63, 3.8) is 0 Å². The summed E-state index contributed by atoms with van der Waals surface area (Å²) in [5.74, 6) is 0. The number of benzene rings is 2. The Hall–Kier alpha value is -0.910. The minimum Gasteiger partial charge on any atom is -0.385 e. The first-order valence-corrected chi connectivity index (χ1v) is 8.46. The van der Waals surface area contributed by atoms with Crippen LogP contribution in [0.25, 0.3) is 10.1 Å². The topological polar surface area (TPSA) is 20.2 Å². The molecule has 0 bridgehead atoms. The summed E-state index contributed by atoms with van der Waals surface area (Å²) in [5, 5.41) is 14.2. The van der Waals surface area contributed by atoms with Crippen molar-refractivity contribution in [3.05, 3.63) is 68.6 Å². The van der Waals surface area contributed by atoms with Crippen LogP contribution in [-0.4, -0.2) is 5.11 Å². The normalized spacial score (nSPS) is 14.3. The van der Waals surface area contributed by atoms with E-state index in [0.717, 1.165) is 5.56 Å². The molecule has 1 atom stereocenters. The van der Waals surface area contributed by atoms with Gasteiger partial charge in [-0.25, -0.2) is 0 Å². The largest absolute Gasteiger partial charge is 0.385 e. The molecule has 0 amide bonds. The molecule has 1 N–H and O–H groups in total. The van der Waals surface area contributed by atoms with Gasteiger partial charge in [0.1, 0.15) is 0 Å². The summed E-state index contributed by atoms with van der Waals surface area (Å²) in [6.07, 6.45) is 0.637. The number of fused-ring (bicyclic) bond motifs is 1. The Morgan fingerprint density at radius 2 is 1.80 bits per heavy atom. The van der Waals surface area contributed by atoms with Gasteiger partial charge in [0.25, 0.3) is 0 Å². The molecule has 3 heteroatoms. The second kappa shape index (κ2) is 5.47. The molecule has 2 aromatic carbocycles. The van der Waals surface area contributed by atoms with Gasteiger partial charge in [0.05, 0.1) is 5.60 Å². The van der Waals surface area contributed by atoms with Gasteiger partial charge < -0.3 is 5.11 Å². The second-order valence-electron chi connectivity index (χ2n) is 5.21. The molecular weight excluding hydrogens is 379 g/mol. The van der Waals surface area contributed by atoms with Crippen LogP contribution in [0.2, 0.25) is 0 Å². The first-order valence-electron chi connectivity index (χ1n) is 6.50. The summed E-state index contributed by atoms with van der Waals surface area (Å²) in [7, 11) is 0. The lowest BCUT2D eigenvalue weighted by atomic mass is 9.89. The summed E-state index contributed by atoms with van der Waals surface area (Å²) in [6.45, 7) is 1.89. The first-order chi connectivity index (χ1) is 9.56. The summed E-state index contributed by atoms with van der Waals surface area (Å²) in [4.78, 5) is 0. The fourth-order valence-corrected chi connectivity index (χ4v) is 3.77. The maximum absolute atomic E-state index is 10.8. The van der Waals surface area contributed by atoms with E-state index in [2.05, 4.69) is 52.2 Å². The van der Waals surface area contributed by atoms with Crippen LogP contribution in [0, 0.1) is 3.57 Å². The maximum atomic E-state index is 10.8. The van der Waals surface area contributed by atoms with E-state index in [9.17, 15) is 5.11 Å². The van der Waals surface area contributed by atoms with Crippen molar-refractivity contribution >= 4 is 44.0 Å². The number of rotatable bonds is 3. The van der Waals surface area contributed by atoms with Crippen molar-refractivity contribution in [3.8, 4) is 0 Å². The van der Waals surface area contributed by atoms with Crippen molar-refractivity contribution in [1.82, 2.24) is 0 Å². The zero-order chi connectivity index (χ0) is 14.2. The summed E-state index contributed by atoms with van der Waals surface area (Å²) < 4.78 is 2.46. The lowest BCUT2D eigenvalue weighted by Gasteiger charge is -2.24. The Bertz CT molecular complexity index is 728. The van der Waals surface area contributed by atoms with E-state index < -0.39 is 5.60 Å². The Kier molecular flexibility index (Phi) is 3.84. The van der Waals surface area contributed by atoms with E-state index in [4.69, 9.17) is 0 Å². The van der Waals surface area contributed by atoms with Crippen LogP contribution in [0.3, 0.4) is 0 Å². The Balaban J connectivity index is 1.94. The third-order valence-corrected chi connectivity index (χ3v) is 5.29. The zero-order valence-corrected chi connectivity index (χ0v) is 14.1. The molecule has 0 aliphatic heterocycles. The molecule has 1 nitrogen and oxygen atoms in total. The van der Waals surface area contributed by atoms with Gasteiger partial charge in [0.15, 0.2) is 0 Å². The number of halogens is 1. The van der Waals surface area contributed by atoms with Gasteiger partial charge in [-0.15, -0.1) is 11.3 Å². The van der Waals surface area contributed by atoms with Crippen molar-refractivity contribution in [2.75, 3.05) is 0 Å². The molecule has 0 fully saturated rings. The van der Waals surface area contributed by atoms with E-state index in [1.165, 1.54) is 19.2 Å². The molecule has 0 radical (unpaired) electrons. The van der Waals surface area contributed by atoms with Crippen LogP contribution in [-0.2, 0) is 12.0 Å². The van der Waals surface area contributed by atoms with E-state index in [0.29, 0.717) is 6.42 Å². The lowest BCUT2D eigenvalue weighted by molar-refractivity contribution is 0.0580. The number of hydrogen-bond donors (Lipinski definition) is 1. The van der Waals surface area contributed by atoms with Crippen LogP contribution in [0.4, 0.5) is 0 Å². The van der Waals surface area contributed by atoms with Crippen molar-refractivity contribution in [1.29, 1.82) is 0 Å². The average Bonchev–Trinajstić information content (AvgIpc) is 2.82. The van der Waals surface area contributed by atoms with Crippen LogP contribution >= 0.6 is 33.9 Å². The third kappa shape index (κ3) is 2.75. The van der Waals surface area contributed by atoms with Gasteiger partial charge in [-0.05, 0) is 69.6 Å². The lowest BCUT2D eigenvalue weighted by Crippen LogP contribution is -2.24. The number of hydrogen-bond acceptors (Lipinski definition) is 2. The number of thiophene rings is 1. The molecule has 0 saturated carbocycles. The Morgan fingerprint density at radius 3 is 2.55 bits per heavy atom. The number of aliphatic hydroxyl groups is 1. The van der Waals surface area contributed by atoms with E-state index in [-0.39, 0.29) is 0 Å². The molecule has 1 heterocycles. The fraction of sp³-hybridized carbons (Fsp3) is 0.176. The quantitative estimate of drug-likeness (QED) is 0.623. The molecule has 20 heavy (non-hydrogen) atoms. The molecule has 102 valence electrons. The molecule has 0 aliphatic carbocycles. The van der Waals surface area contributed by atoms with Gasteiger partial charge in [-0.3, -0.25) is 0 Å². The fourth-order valence-electron chi connectivity index (χ4n) is 2.45. The van der Waals surface area contributed by atoms with Crippen LogP contribution in [0.5, 0.6) is 0 Å². The highest BCUT2D eigenvalue weighted by Gasteiger charge is 2.24. The molecule has 0 aliphatic rings. The molecule has 0 saturated heterocycles. The van der Waals surface area contributed by atoms with Crippen molar-refractivity contribution in [2.24, 2.45) is 0 Å². The second-order valence-corrected chi connectivity index (χ2v) is 7.37. The van der Waals surface area contributed by atoms with Crippen molar-refractivity contribution < 1.29 is 5.11 Å². The standard InChI is InChI=1S/C17H15IOS/c1-17(19,13-6-8-14(18)9-7-13)10-12-11-20-16-5-3-2-4-15(12)16/h2-9,11,19H,10H2,1H3. The highest BCUT2D eigenvalue weighted by atomic mass is 127. The van der Waals surface area contributed by atoms with Gasteiger partial charge in [-0.2, -0.15) is 0 Å². The Labute approximate surface area is 136 Å². The molecular formula is C17H15IOS. The van der Waals surface area contributed by atoms with E-state index >= 15 is 0 Å². The van der Waals surface area contributed by atoms with Gasteiger partial charge in [-0.1, -0.05) is 30.3 Å². The summed E-state index contributed by atoms with van der Waals surface area (Å²) >= 11 is 4.02. The minimum atomic E-state index is -0.839. The Morgan fingerprint density at radius 1 is 1.10 bits per heavy atom. The van der Waals surface area contributed by atoms with Crippen LogP contribution in [0.1, 0.15) is 18.1 Å². The molecule has 3 rings (SSSR count). The van der Waals surface area contributed by atoms with Crippen LogP contribution < -0.4 is 0 Å². The first kappa shape index (κ1) is 14.0. The predicted molar refractivity (Wildman–Crippen MR) is 94.3 cm³/mol. The van der Waals surface area contributed by atoms with Crippen LogP contribution in [0.15, 0.2) is 53.9 Å². The SMILES string of the molecule is CC(O)(Cc1csc2ccccc12)c1ccc(I)cc1. The molecule has 0 spiro atoms. The molecule has 3 aromatic rings. The average molecular weight is 394 g/mol. The molecule has 1 aromatic heterocycles. The van der Waals surface area contributed by atoms with Gasteiger partial charge >= 0.3 is 0 Å².